The van der Waals surface area contributed by atoms with Crippen LogP contribution in [-0.2, 0) is 0 Å². The Balaban J connectivity index is 2.16. The van der Waals surface area contributed by atoms with Crippen LogP contribution in [-0.4, -0.2) is 9.97 Å². The normalized spacial score (nSPS) is 12.4. The van der Waals surface area contributed by atoms with Gasteiger partial charge in [-0.2, -0.15) is 0 Å². The van der Waals surface area contributed by atoms with Crippen LogP contribution in [0.4, 0.5) is 0 Å². The Labute approximate surface area is 107 Å². The molecule has 1 unspecified atom stereocenters. The van der Waals surface area contributed by atoms with Crippen molar-refractivity contribution < 1.29 is 0 Å². The largest absolute Gasteiger partial charge is 0.228 e. The van der Waals surface area contributed by atoms with E-state index in [4.69, 9.17) is 0 Å². The minimum atomic E-state index is 0.373. The average Bonchev–Trinajstić information content (AvgIpc) is 2.28. The lowest BCUT2D eigenvalue weighted by Gasteiger charge is -2.10. The van der Waals surface area contributed by atoms with E-state index in [1.54, 1.807) is 11.8 Å². The molecule has 0 fully saturated rings. The lowest BCUT2D eigenvalue weighted by molar-refractivity contribution is 0.894. The molecule has 88 valence electrons. The van der Waals surface area contributed by atoms with Crippen LogP contribution in [0.25, 0.3) is 0 Å². The molecule has 0 spiro atoms. The summed E-state index contributed by atoms with van der Waals surface area (Å²) in [7, 11) is 0. The molecular weight excluding hydrogens is 228 g/mol. The van der Waals surface area contributed by atoms with Gasteiger partial charge in [-0.3, -0.25) is 0 Å². The lowest BCUT2D eigenvalue weighted by atomic mass is 10.2. The van der Waals surface area contributed by atoms with Gasteiger partial charge < -0.3 is 0 Å². The fourth-order valence-corrected chi connectivity index (χ4v) is 2.70. The molecule has 0 N–H and O–H groups in total. The van der Waals surface area contributed by atoms with Gasteiger partial charge in [0.2, 0.25) is 0 Å². The van der Waals surface area contributed by atoms with Crippen LogP contribution in [0, 0.1) is 13.8 Å². The average molecular weight is 244 g/mol. The van der Waals surface area contributed by atoms with Crippen LogP contribution in [0.15, 0.2) is 41.6 Å². The monoisotopic (exact) mass is 244 g/mol. The van der Waals surface area contributed by atoms with Crippen LogP contribution < -0.4 is 0 Å². The molecule has 0 aliphatic heterocycles. The van der Waals surface area contributed by atoms with Gasteiger partial charge in [0.05, 0.1) is 0 Å². The van der Waals surface area contributed by atoms with E-state index in [-0.39, 0.29) is 0 Å². The highest BCUT2D eigenvalue weighted by molar-refractivity contribution is 7.99. The smallest absolute Gasteiger partial charge is 0.188 e. The first kappa shape index (κ1) is 12.1. The molecule has 0 saturated carbocycles. The molecule has 3 heteroatoms. The summed E-state index contributed by atoms with van der Waals surface area (Å²) in [6, 6.07) is 12.4. The van der Waals surface area contributed by atoms with E-state index < -0.39 is 0 Å². The van der Waals surface area contributed by atoms with E-state index >= 15 is 0 Å². The Hall–Kier alpha value is -1.35. The molecule has 17 heavy (non-hydrogen) atoms. The summed E-state index contributed by atoms with van der Waals surface area (Å²) < 4.78 is 0. The van der Waals surface area contributed by atoms with E-state index in [2.05, 4.69) is 41.2 Å². The first-order valence-electron chi connectivity index (χ1n) is 5.69. The fraction of sp³-hybridized carbons (Fsp3) is 0.286. The van der Waals surface area contributed by atoms with Gasteiger partial charge in [-0.05, 0) is 32.4 Å². The highest BCUT2D eigenvalue weighted by Crippen LogP contribution is 2.32. The zero-order chi connectivity index (χ0) is 12.3. The second-order valence-corrected chi connectivity index (χ2v) is 5.41. The SMILES string of the molecule is Cc1cc(C)nc(SC(C)c2ccccc2)n1. The summed E-state index contributed by atoms with van der Waals surface area (Å²) in [5, 5.41) is 1.23. The Bertz CT molecular complexity index is 477. The van der Waals surface area contributed by atoms with Crippen molar-refractivity contribution in [1.82, 2.24) is 9.97 Å². The number of hydrogen-bond donors (Lipinski definition) is 0. The maximum Gasteiger partial charge on any atom is 0.188 e. The van der Waals surface area contributed by atoms with Crippen LogP contribution in [0.1, 0.15) is 29.1 Å². The zero-order valence-corrected chi connectivity index (χ0v) is 11.2. The van der Waals surface area contributed by atoms with Crippen LogP contribution in [0.3, 0.4) is 0 Å². The zero-order valence-electron chi connectivity index (χ0n) is 10.3. The number of rotatable bonds is 3. The summed E-state index contributed by atoms with van der Waals surface area (Å²) in [5.74, 6) is 0. The first-order chi connectivity index (χ1) is 8.15. The van der Waals surface area contributed by atoms with Gasteiger partial charge in [0.1, 0.15) is 0 Å². The Morgan fingerprint density at radius 3 is 2.18 bits per heavy atom. The standard InChI is InChI=1S/C14H16N2S/c1-10-9-11(2)16-14(15-10)17-12(3)13-7-5-4-6-8-13/h4-9,12H,1-3H3. The van der Waals surface area contributed by atoms with E-state index in [1.165, 1.54) is 5.56 Å². The minimum Gasteiger partial charge on any atom is -0.228 e. The topological polar surface area (TPSA) is 25.8 Å². The van der Waals surface area contributed by atoms with Crippen LogP contribution in [0.5, 0.6) is 0 Å². The summed E-state index contributed by atoms with van der Waals surface area (Å²) in [6.07, 6.45) is 0. The van der Waals surface area contributed by atoms with Crippen LogP contribution >= 0.6 is 11.8 Å². The van der Waals surface area contributed by atoms with E-state index in [0.29, 0.717) is 5.25 Å². The number of hydrogen-bond acceptors (Lipinski definition) is 3. The Morgan fingerprint density at radius 1 is 1.00 bits per heavy atom. The maximum atomic E-state index is 4.45. The summed E-state index contributed by atoms with van der Waals surface area (Å²) in [4.78, 5) is 8.90. The van der Waals surface area contributed by atoms with Crippen molar-refractivity contribution in [3.05, 3.63) is 53.3 Å². The highest BCUT2D eigenvalue weighted by Gasteiger charge is 2.09. The first-order valence-corrected chi connectivity index (χ1v) is 6.57. The fourth-order valence-electron chi connectivity index (χ4n) is 1.70. The number of nitrogens with zero attached hydrogens (tertiary/aromatic N) is 2. The molecule has 1 heterocycles. The van der Waals surface area contributed by atoms with Gasteiger partial charge in [0.15, 0.2) is 5.16 Å². The molecule has 2 nitrogen and oxygen atoms in total. The second-order valence-electron chi connectivity index (χ2n) is 4.10. The molecule has 0 saturated heterocycles. The number of benzene rings is 1. The van der Waals surface area contributed by atoms with Gasteiger partial charge in [-0.15, -0.1) is 0 Å². The maximum absolute atomic E-state index is 4.45. The van der Waals surface area contributed by atoms with E-state index in [1.807, 2.05) is 26.0 Å². The van der Waals surface area contributed by atoms with Crippen molar-refractivity contribution in [2.45, 2.75) is 31.2 Å². The third-order valence-corrected chi connectivity index (χ3v) is 3.53. The van der Waals surface area contributed by atoms with Gasteiger partial charge >= 0.3 is 0 Å². The van der Waals surface area contributed by atoms with Gasteiger partial charge in [0.25, 0.3) is 0 Å². The Kier molecular flexibility index (Phi) is 3.79. The predicted molar refractivity (Wildman–Crippen MR) is 72.2 cm³/mol. The molecule has 0 aliphatic carbocycles. The molecule has 1 aromatic heterocycles. The van der Waals surface area contributed by atoms with Gasteiger partial charge in [-0.1, -0.05) is 42.1 Å². The molecule has 0 amide bonds. The van der Waals surface area contributed by atoms with Gasteiger partial charge in [0, 0.05) is 16.6 Å². The van der Waals surface area contributed by atoms with Gasteiger partial charge in [-0.25, -0.2) is 9.97 Å². The molecule has 2 aromatic rings. The Morgan fingerprint density at radius 2 is 1.59 bits per heavy atom. The third-order valence-electron chi connectivity index (χ3n) is 2.51. The van der Waals surface area contributed by atoms with Crippen molar-refractivity contribution in [1.29, 1.82) is 0 Å². The third kappa shape index (κ3) is 3.30. The van der Waals surface area contributed by atoms with E-state index in [9.17, 15) is 0 Å². The molecule has 1 aromatic carbocycles. The minimum absolute atomic E-state index is 0.373. The van der Waals surface area contributed by atoms with E-state index in [0.717, 1.165) is 16.5 Å². The second kappa shape index (κ2) is 5.32. The predicted octanol–water partition coefficient (Wildman–Crippen LogP) is 3.95. The van der Waals surface area contributed by atoms with Crippen molar-refractivity contribution in [2.75, 3.05) is 0 Å². The molecule has 2 rings (SSSR count). The van der Waals surface area contributed by atoms with Crippen molar-refractivity contribution in [3.63, 3.8) is 0 Å². The quantitative estimate of drug-likeness (QED) is 0.604. The molecule has 0 bridgehead atoms. The van der Waals surface area contributed by atoms with Crippen molar-refractivity contribution in [2.24, 2.45) is 0 Å². The summed E-state index contributed by atoms with van der Waals surface area (Å²) in [6.45, 7) is 6.19. The number of aryl methyl sites for hydroxylation is 2. The summed E-state index contributed by atoms with van der Waals surface area (Å²) >= 11 is 1.70. The molecule has 0 aliphatic rings. The molecule has 1 atom stereocenters. The lowest BCUT2D eigenvalue weighted by Crippen LogP contribution is -1.95. The number of thioether (sulfide) groups is 1. The highest BCUT2D eigenvalue weighted by atomic mass is 32.2. The van der Waals surface area contributed by atoms with Crippen LogP contribution in [0.2, 0.25) is 0 Å². The van der Waals surface area contributed by atoms with Crippen molar-refractivity contribution in [3.8, 4) is 0 Å². The molecular formula is C14H16N2S. The number of aromatic nitrogens is 2. The van der Waals surface area contributed by atoms with Crippen molar-refractivity contribution >= 4 is 11.8 Å². The summed E-state index contributed by atoms with van der Waals surface area (Å²) in [5.41, 5.74) is 3.36. The molecule has 0 radical (unpaired) electrons.